The van der Waals surface area contributed by atoms with E-state index < -0.39 is 17.8 Å². The molecule has 0 bridgehead atoms. The van der Waals surface area contributed by atoms with Gasteiger partial charge in [0, 0.05) is 17.8 Å². The molecule has 222 valence electrons. The van der Waals surface area contributed by atoms with Crippen LogP contribution < -0.4 is 19.5 Å². The minimum Gasteiger partial charge on any atom is -0.497 e. The van der Waals surface area contributed by atoms with Gasteiger partial charge in [-0.3, -0.25) is 4.79 Å². The molecule has 42 heavy (non-hydrogen) atoms. The number of hydrogen-bond acceptors (Lipinski definition) is 7. The van der Waals surface area contributed by atoms with E-state index in [9.17, 15) is 14.4 Å². The van der Waals surface area contributed by atoms with Crippen LogP contribution in [-0.2, 0) is 27.4 Å². The summed E-state index contributed by atoms with van der Waals surface area (Å²) in [4.78, 5) is 37.6. The number of rotatable bonds is 17. The molecule has 0 saturated carbocycles. The monoisotopic (exact) mass is 576 g/mol. The second-order valence-corrected chi connectivity index (χ2v) is 9.52. The van der Waals surface area contributed by atoms with Gasteiger partial charge in [-0.25, -0.2) is 14.6 Å². The van der Waals surface area contributed by atoms with Gasteiger partial charge in [0.1, 0.15) is 23.8 Å². The number of pyridine rings is 1. The molecule has 2 aromatic carbocycles. The van der Waals surface area contributed by atoms with Crippen LogP contribution in [0.25, 0.3) is 6.08 Å². The van der Waals surface area contributed by atoms with Gasteiger partial charge in [0.05, 0.1) is 13.7 Å². The first-order chi connectivity index (χ1) is 20.3. The number of carboxylic acids is 2. The van der Waals surface area contributed by atoms with Crippen LogP contribution in [0, 0.1) is 0 Å². The molecule has 3 rings (SSSR count). The van der Waals surface area contributed by atoms with E-state index in [1.807, 2.05) is 12.1 Å². The molecule has 10 heteroatoms. The fourth-order valence-electron chi connectivity index (χ4n) is 4.11. The molecular formula is C32H36N2O8. The van der Waals surface area contributed by atoms with Crippen molar-refractivity contribution in [2.24, 2.45) is 0 Å². The van der Waals surface area contributed by atoms with E-state index in [1.54, 1.807) is 43.5 Å². The van der Waals surface area contributed by atoms with Gasteiger partial charge in [0.2, 0.25) is 5.88 Å². The topological polar surface area (TPSA) is 144 Å². The van der Waals surface area contributed by atoms with Gasteiger partial charge in [0.25, 0.3) is 0 Å². The van der Waals surface area contributed by atoms with Crippen molar-refractivity contribution in [3.63, 3.8) is 0 Å². The van der Waals surface area contributed by atoms with Gasteiger partial charge in [-0.05, 0) is 66.8 Å². The first-order valence-electron chi connectivity index (χ1n) is 13.8. The Morgan fingerprint density at radius 1 is 0.857 bits per heavy atom. The number of unbranched alkanes of at least 4 members (excludes halogenated alkanes) is 5. The molecule has 0 atom stereocenters. The minimum absolute atomic E-state index is 0.0895. The number of carboxylic acid groups (broad SMARTS) is 2. The molecule has 3 aromatic rings. The number of nitrogens with zero attached hydrogens (tertiary/aromatic N) is 1. The smallest absolute Gasteiger partial charge is 0.394 e. The second kappa shape index (κ2) is 17.1. The number of carbonyl (C=O) groups excluding carboxylic acids is 1. The summed E-state index contributed by atoms with van der Waals surface area (Å²) in [6.07, 6.45) is 9.89. The molecule has 0 aliphatic heterocycles. The fourth-order valence-corrected chi connectivity index (χ4v) is 4.11. The number of aliphatic carboxylic acids is 2. The predicted molar refractivity (Wildman–Crippen MR) is 158 cm³/mol. The average molecular weight is 577 g/mol. The summed E-state index contributed by atoms with van der Waals surface area (Å²) in [5.74, 6) is -2.25. The molecule has 0 fully saturated rings. The van der Waals surface area contributed by atoms with Crippen molar-refractivity contribution in [3.05, 3.63) is 83.6 Å². The van der Waals surface area contributed by atoms with E-state index in [0.717, 1.165) is 50.4 Å². The van der Waals surface area contributed by atoms with E-state index in [2.05, 4.69) is 22.4 Å². The third-order valence-corrected chi connectivity index (χ3v) is 6.29. The fraction of sp³-hybridized carbons (Fsp3) is 0.312. The summed E-state index contributed by atoms with van der Waals surface area (Å²) < 4.78 is 16.8. The molecule has 0 aliphatic carbocycles. The number of aromatic nitrogens is 1. The average Bonchev–Trinajstić information content (AvgIpc) is 2.99. The maximum atomic E-state index is 11.4. The van der Waals surface area contributed by atoms with E-state index in [1.165, 1.54) is 18.1 Å². The lowest BCUT2D eigenvalue weighted by Crippen LogP contribution is -2.21. The molecule has 0 radical (unpaired) electrons. The number of amides is 1. The zero-order valence-corrected chi connectivity index (χ0v) is 23.6. The highest BCUT2D eigenvalue weighted by molar-refractivity contribution is 6.36. The SMILES string of the molecule is COc1ccc(CCCCCCCCOc2ccc(OCc3cccc(NC(=O)C(=O)O)c3)nc2C=CC(=O)O)cc1. The Labute approximate surface area is 245 Å². The quantitative estimate of drug-likeness (QED) is 0.104. The standard InChI is InChI=1S/C32H36N2O8/c1-40-26-14-12-23(13-15-26)9-6-4-2-3-5-7-20-41-28-17-18-29(34-27(28)16-19-30(35)36)42-22-24-10-8-11-25(21-24)33-31(37)32(38)39/h8,10-19,21H,2-7,9,20,22H2,1H3,(H,33,37)(H,35,36)(H,38,39). The van der Waals surface area contributed by atoms with E-state index in [4.69, 9.17) is 24.4 Å². The first kappa shape index (κ1) is 31.7. The van der Waals surface area contributed by atoms with Crippen LogP contribution in [0.1, 0.15) is 55.3 Å². The van der Waals surface area contributed by atoms with E-state index in [0.29, 0.717) is 29.3 Å². The highest BCUT2D eigenvalue weighted by Gasteiger charge is 2.12. The van der Waals surface area contributed by atoms with Gasteiger partial charge < -0.3 is 29.7 Å². The van der Waals surface area contributed by atoms with E-state index in [-0.39, 0.29) is 12.5 Å². The predicted octanol–water partition coefficient (Wildman–Crippen LogP) is 5.75. The highest BCUT2D eigenvalue weighted by atomic mass is 16.5. The summed E-state index contributed by atoms with van der Waals surface area (Å²) in [7, 11) is 1.67. The zero-order chi connectivity index (χ0) is 30.2. The van der Waals surface area contributed by atoms with Gasteiger partial charge in [-0.15, -0.1) is 0 Å². The van der Waals surface area contributed by atoms with Crippen molar-refractivity contribution >= 4 is 29.6 Å². The largest absolute Gasteiger partial charge is 0.497 e. The number of ether oxygens (including phenoxy) is 3. The number of hydrogen-bond donors (Lipinski definition) is 3. The lowest BCUT2D eigenvalue weighted by molar-refractivity contribution is -0.147. The van der Waals surface area contributed by atoms with Crippen LogP contribution in [-0.4, -0.2) is 46.8 Å². The van der Waals surface area contributed by atoms with Gasteiger partial charge in [0.15, 0.2) is 0 Å². The highest BCUT2D eigenvalue weighted by Crippen LogP contribution is 2.24. The van der Waals surface area contributed by atoms with Crippen molar-refractivity contribution in [2.75, 3.05) is 19.0 Å². The normalized spacial score (nSPS) is 10.8. The van der Waals surface area contributed by atoms with E-state index >= 15 is 0 Å². The molecule has 1 heterocycles. The number of carbonyl (C=O) groups is 3. The molecule has 0 saturated heterocycles. The molecule has 0 spiro atoms. The molecule has 0 unspecified atom stereocenters. The summed E-state index contributed by atoms with van der Waals surface area (Å²) in [5.41, 5.74) is 2.64. The summed E-state index contributed by atoms with van der Waals surface area (Å²) in [6, 6.07) is 18.1. The van der Waals surface area contributed by atoms with Gasteiger partial charge >= 0.3 is 17.8 Å². The Morgan fingerprint density at radius 2 is 1.60 bits per heavy atom. The molecule has 0 aliphatic rings. The molecule has 10 nitrogen and oxygen atoms in total. The Kier molecular flexibility index (Phi) is 12.9. The Hall–Kier alpha value is -4.86. The van der Waals surface area contributed by atoms with Crippen molar-refractivity contribution in [1.29, 1.82) is 0 Å². The molecular weight excluding hydrogens is 540 g/mol. The van der Waals surface area contributed by atoms with Crippen molar-refractivity contribution in [1.82, 2.24) is 4.98 Å². The number of benzene rings is 2. The third kappa shape index (κ3) is 11.3. The number of aryl methyl sites for hydroxylation is 1. The summed E-state index contributed by atoms with van der Waals surface area (Å²) in [5, 5.41) is 20.1. The van der Waals surface area contributed by atoms with Crippen LogP contribution >= 0.6 is 0 Å². The minimum atomic E-state index is -1.58. The van der Waals surface area contributed by atoms with Gasteiger partial charge in [-0.2, -0.15) is 0 Å². The lowest BCUT2D eigenvalue weighted by Gasteiger charge is -2.12. The van der Waals surface area contributed by atoms with Crippen LogP contribution in [0.5, 0.6) is 17.4 Å². The number of anilines is 1. The van der Waals surface area contributed by atoms with Crippen molar-refractivity contribution < 1.29 is 38.8 Å². The first-order valence-corrected chi connectivity index (χ1v) is 13.8. The van der Waals surface area contributed by atoms with Crippen molar-refractivity contribution in [3.8, 4) is 17.4 Å². The zero-order valence-electron chi connectivity index (χ0n) is 23.6. The Morgan fingerprint density at radius 3 is 2.31 bits per heavy atom. The lowest BCUT2D eigenvalue weighted by atomic mass is 10.0. The second-order valence-electron chi connectivity index (χ2n) is 9.52. The number of nitrogens with one attached hydrogen (secondary N) is 1. The van der Waals surface area contributed by atoms with Crippen LogP contribution in [0.15, 0.2) is 66.7 Å². The number of methoxy groups -OCH3 is 1. The summed E-state index contributed by atoms with van der Waals surface area (Å²) in [6.45, 7) is 0.572. The van der Waals surface area contributed by atoms with Crippen LogP contribution in [0.2, 0.25) is 0 Å². The van der Waals surface area contributed by atoms with Crippen LogP contribution in [0.3, 0.4) is 0 Å². The maximum Gasteiger partial charge on any atom is 0.394 e. The molecule has 1 amide bonds. The maximum absolute atomic E-state index is 11.4. The van der Waals surface area contributed by atoms with Crippen LogP contribution in [0.4, 0.5) is 5.69 Å². The Balaban J connectivity index is 1.43. The molecule has 3 N–H and O–H groups in total. The van der Waals surface area contributed by atoms with Gasteiger partial charge in [-0.1, -0.05) is 49.9 Å². The third-order valence-electron chi connectivity index (χ3n) is 6.29. The van der Waals surface area contributed by atoms with Crippen molar-refractivity contribution in [2.45, 2.75) is 51.6 Å². The molecule has 1 aromatic heterocycles. The summed E-state index contributed by atoms with van der Waals surface area (Å²) >= 11 is 0. The Bertz CT molecular complexity index is 1350.